The molecule has 0 heterocycles. The molecule has 24 heavy (non-hydrogen) atoms. The van der Waals surface area contributed by atoms with Crippen molar-refractivity contribution in [1.82, 2.24) is 10.6 Å². The summed E-state index contributed by atoms with van der Waals surface area (Å²) in [5, 5.41) is 7.19. The zero-order valence-corrected chi connectivity index (χ0v) is 16.3. The van der Waals surface area contributed by atoms with Gasteiger partial charge in [-0.15, -0.1) is 0 Å². The Morgan fingerprint density at radius 1 is 1.29 bits per heavy atom. The highest BCUT2D eigenvalue weighted by atomic mass is 35.5. The van der Waals surface area contributed by atoms with Crippen LogP contribution in [0.25, 0.3) is 0 Å². The molecule has 0 saturated carbocycles. The van der Waals surface area contributed by atoms with Crippen molar-refractivity contribution in [2.75, 3.05) is 25.1 Å². The van der Waals surface area contributed by atoms with E-state index in [1.807, 2.05) is 38.1 Å². The first-order chi connectivity index (χ1) is 11.3. The molecule has 0 aliphatic heterocycles. The Labute approximate surface area is 150 Å². The van der Waals surface area contributed by atoms with Crippen molar-refractivity contribution in [3.8, 4) is 0 Å². The summed E-state index contributed by atoms with van der Waals surface area (Å²) in [5.74, 6) is 0.909. The van der Waals surface area contributed by atoms with Crippen LogP contribution >= 0.6 is 11.6 Å². The SMILES string of the molecule is CCNC(=NCCCc1ccc(Cl)cc1)NC(C)CCS(C)(=O)=O. The zero-order chi connectivity index (χ0) is 18.0. The maximum atomic E-state index is 11.2. The third kappa shape index (κ3) is 9.78. The van der Waals surface area contributed by atoms with E-state index in [2.05, 4.69) is 15.6 Å². The molecule has 0 amide bonds. The molecule has 1 atom stereocenters. The largest absolute Gasteiger partial charge is 0.357 e. The van der Waals surface area contributed by atoms with Crippen LogP contribution in [0.15, 0.2) is 29.3 Å². The molecule has 0 saturated heterocycles. The maximum absolute atomic E-state index is 11.2. The van der Waals surface area contributed by atoms with E-state index in [0.717, 1.165) is 30.4 Å². The van der Waals surface area contributed by atoms with Gasteiger partial charge < -0.3 is 10.6 Å². The predicted molar refractivity (Wildman–Crippen MR) is 103 cm³/mol. The van der Waals surface area contributed by atoms with Gasteiger partial charge in [-0.25, -0.2) is 8.42 Å². The van der Waals surface area contributed by atoms with Gasteiger partial charge in [0.05, 0.1) is 5.75 Å². The standard InChI is InChI=1S/C17H28ClN3O2S/c1-4-19-17(21-14(2)11-13-24(3,22)23)20-12-5-6-15-7-9-16(18)10-8-15/h7-10,14H,4-6,11-13H2,1-3H3,(H2,19,20,21). The molecule has 0 fully saturated rings. The number of nitrogens with one attached hydrogen (secondary N) is 2. The Morgan fingerprint density at radius 2 is 1.96 bits per heavy atom. The predicted octanol–water partition coefficient (Wildman–Crippen LogP) is 2.65. The molecule has 2 N–H and O–H groups in total. The van der Waals surface area contributed by atoms with Crippen LogP contribution in [0.1, 0.15) is 32.3 Å². The summed E-state index contributed by atoms with van der Waals surface area (Å²) in [4.78, 5) is 4.55. The molecule has 1 rings (SSSR count). The van der Waals surface area contributed by atoms with Gasteiger partial charge >= 0.3 is 0 Å². The van der Waals surface area contributed by atoms with Crippen LogP contribution in [0.4, 0.5) is 0 Å². The van der Waals surface area contributed by atoms with Crippen LogP contribution in [0, 0.1) is 0 Å². The van der Waals surface area contributed by atoms with Crippen LogP contribution in [0.2, 0.25) is 5.02 Å². The monoisotopic (exact) mass is 373 g/mol. The molecule has 5 nitrogen and oxygen atoms in total. The molecule has 1 aromatic rings. The number of rotatable bonds is 9. The van der Waals surface area contributed by atoms with Gasteiger partial charge in [0, 0.05) is 30.4 Å². The van der Waals surface area contributed by atoms with E-state index in [0.29, 0.717) is 13.0 Å². The Morgan fingerprint density at radius 3 is 2.54 bits per heavy atom. The molecular formula is C17H28ClN3O2S. The zero-order valence-electron chi connectivity index (χ0n) is 14.7. The summed E-state index contributed by atoms with van der Waals surface area (Å²) in [5.41, 5.74) is 1.24. The lowest BCUT2D eigenvalue weighted by molar-refractivity contribution is 0.581. The maximum Gasteiger partial charge on any atom is 0.191 e. The Hall–Kier alpha value is -1.27. The van der Waals surface area contributed by atoms with E-state index in [-0.39, 0.29) is 11.8 Å². The molecule has 0 aliphatic carbocycles. The summed E-state index contributed by atoms with van der Waals surface area (Å²) in [7, 11) is -2.93. The van der Waals surface area contributed by atoms with Gasteiger partial charge in [-0.2, -0.15) is 0 Å². The van der Waals surface area contributed by atoms with Crippen molar-refractivity contribution in [1.29, 1.82) is 0 Å². The van der Waals surface area contributed by atoms with Crippen LogP contribution < -0.4 is 10.6 Å². The van der Waals surface area contributed by atoms with Crippen molar-refractivity contribution in [3.05, 3.63) is 34.9 Å². The van der Waals surface area contributed by atoms with E-state index in [9.17, 15) is 8.42 Å². The lowest BCUT2D eigenvalue weighted by Crippen LogP contribution is -2.42. The van der Waals surface area contributed by atoms with E-state index >= 15 is 0 Å². The number of guanidine groups is 1. The average Bonchev–Trinajstić information content (AvgIpc) is 2.51. The third-order valence-electron chi connectivity index (χ3n) is 3.46. The quantitative estimate of drug-likeness (QED) is 0.396. The second-order valence-corrected chi connectivity index (χ2v) is 8.65. The van der Waals surface area contributed by atoms with Gasteiger partial charge in [-0.3, -0.25) is 4.99 Å². The fraction of sp³-hybridized carbons (Fsp3) is 0.588. The second-order valence-electron chi connectivity index (χ2n) is 5.95. The van der Waals surface area contributed by atoms with Crippen molar-refractivity contribution in [3.63, 3.8) is 0 Å². The number of aliphatic imine (C=N–C) groups is 1. The highest BCUT2D eigenvalue weighted by molar-refractivity contribution is 7.90. The number of sulfone groups is 1. The molecular weight excluding hydrogens is 346 g/mol. The van der Waals surface area contributed by atoms with E-state index < -0.39 is 9.84 Å². The summed E-state index contributed by atoms with van der Waals surface area (Å²) < 4.78 is 22.5. The number of benzene rings is 1. The number of aryl methyl sites for hydroxylation is 1. The molecule has 0 aliphatic rings. The second kappa shape index (κ2) is 10.6. The van der Waals surface area contributed by atoms with Gasteiger partial charge in [-0.05, 0) is 50.8 Å². The van der Waals surface area contributed by atoms with Gasteiger partial charge in [0.2, 0.25) is 0 Å². The highest BCUT2D eigenvalue weighted by Gasteiger charge is 2.09. The molecule has 0 radical (unpaired) electrons. The minimum absolute atomic E-state index is 0.0498. The number of nitrogens with zero attached hydrogens (tertiary/aromatic N) is 1. The minimum atomic E-state index is -2.93. The van der Waals surface area contributed by atoms with Crippen LogP contribution in [0.3, 0.4) is 0 Å². The summed E-state index contributed by atoms with van der Waals surface area (Å²) in [6, 6.07) is 7.91. The van der Waals surface area contributed by atoms with Crippen molar-refractivity contribution in [2.24, 2.45) is 4.99 Å². The number of halogens is 1. The fourth-order valence-corrected chi connectivity index (χ4v) is 3.05. The first kappa shape index (κ1) is 20.8. The normalized spacial score (nSPS) is 13.6. The van der Waals surface area contributed by atoms with Crippen LogP contribution in [-0.4, -0.2) is 45.5 Å². The Balaban J connectivity index is 2.42. The molecule has 136 valence electrons. The van der Waals surface area contributed by atoms with Gasteiger partial charge in [0.15, 0.2) is 5.96 Å². The van der Waals surface area contributed by atoms with Crippen LogP contribution in [0.5, 0.6) is 0 Å². The number of hydrogen-bond acceptors (Lipinski definition) is 3. The van der Waals surface area contributed by atoms with Crippen molar-refractivity contribution < 1.29 is 8.42 Å². The van der Waals surface area contributed by atoms with Crippen molar-refractivity contribution in [2.45, 2.75) is 39.2 Å². The topological polar surface area (TPSA) is 70.6 Å². The molecule has 0 spiro atoms. The summed E-state index contributed by atoms with van der Waals surface area (Å²) in [6.45, 7) is 5.44. The lowest BCUT2D eigenvalue weighted by Gasteiger charge is -2.17. The van der Waals surface area contributed by atoms with Gasteiger partial charge in [0.1, 0.15) is 9.84 Å². The first-order valence-electron chi connectivity index (χ1n) is 8.27. The van der Waals surface area contributed by atoms with Gasteiger partial charge in [0.25, 0.3) is 0 Å². The smallest absolute Gasteiger partial charge is 0.191 e. The molecule has 0 bridgehead atoms. The van der Waals surface area contributed by atoms with Crippen LogP contribution in [-0.2, 0) is 16.3 Å². The Bertz CT molecular complexity index is 615. The summed E-state index contributed by atoms with van der Waals surface area (Å²) >= 11 is 5.88. The molecule has 1 unspecified atom stereocenters. The van der Waals surface area contributed by atoms with Crippen molar-refractivity contribution >= 4 is 27.4 Å². The lowest BCUT2D eigenvalue weighted by atomic mass is 10.1. The van der Waals surface area contributed by atoms with E-state index in [1.165, 1.54) is 11.8 Å². The fourth-order valence-electron chi connectivity index (χ4n) is 2.14. The minimum Gasteiger partial charge on any atom is -0.357 e. The molecule has 1 aromatic carbocycles. The molecule has 7 heteroatoms. The third-order valence-corrected chi connectivity index (χ3v) is 4.68. The number of hydrogen-bond donors (Lipinski definition) is 2. The van der Waals surface area contributed by atoms with Gasteiger partial charge in [-0.1, -0.05) is 23.7 Å². The highest BCUT2D eigenvalue weighted by Crippen LogP contribution is 2.10. The van der Waals surface area contributed by atoms with E-state index in [4.69, 9.17) is 11.6 Å². The first-order valence-corrected chi connectivity index (χ1v) is 10.7. The molecule has 0 aromatic heterocycles. The Kier molecular flexibility index (Phi) is 9.14. The van der Waals surface area contributed by atoms with E-state index in [1.54, 1.807) is 0 Å². The average molecular weight is 374 g/mol. The summed E-state index contributed by atoms with van der Waals surface area (Å²) in [6.07, 6.45) is 3.71.